The number of amides is 1. The van der Waals surface area contributed by atoms with Crippen LogP contribution >= 0.6 is 0 Å². The van der Waals surface area contributed by atoms with Gasteiger partial charge in [-0.3, -0.25) is 4.79 Å². The largest absolute Gasteiger partial charge is 0.454 e. The summed E-state index contributed by atoms with van der Waals surface area (Å²) >= 11 is 0. The van der Waals surface area contributed by atoms with E-state index in [1.54, 1.807) is 0 Å². The van der Waals surface area contributed by atoms with E-state index >= 15 is 0 Å². The fourth-order valence-electron chi connectivity index (χ4n) is 3.99. The Kier molecular flexibility index (Phi) is 4.79. The van der Waals surface area contributed by atoms with Crippen LogP contribution in [0, 0.1) is 6.92 Å². The summed E-state index contributed by atoms with van der Waals surface area (Å²) in [5.74, 6) is 1.97. The number of hydrogen-bond acceptors (Lipinski definition) is 4. The molecule has 0 bridgehead atoms. The van der Waals surface area contributed by atoms with Gasteiger partial charge in [0.05, 0.1) is 6.42 Å². The van der Waals surface area contributed by atoms with E-state index in [4.69, 9.17) is 9.47 Å². The number of rotatable bonds is 4. The first-order chi connectivity index (χ1) is 13.0. The Hall–Kier alpha value is -2.53. The summed E-state index contributed by atoms with van der Waals surface area (Å²) in [4.78, 5) is 17.2. The SMILES string of the molecule is Cc1ccc([C@@H]2CN(C(=O)Cc3ccc4c(c3)OCO4)C[C@H]2N(C)C)cc1. The molecule has 2 heterocycles. The van der Waals surface area contributed by atoms with Crippen LogP contribution in [0.25, 0.3) is 0 Å². The minimum absolute atomic E-state index is 0.162. The van der Waals surface area contributed by atoms with Gasteiger partial charge in [0.25, 0.3) is 0 Å². The Labute approximate surface area is 160 Å². The number of nitrogens with zero attached hydrogens (tertiary/aromatic N) is 2. The molecular weight excluding hydrogens is 340 g/mol. The minimum Gasteiger partial charge on any atom is -0.454 e. The molecule has 1 amide bonds. The summed E-state index contributed by atoms with van der Waals surface area (Å²) in [5.41, 5.74) is 3.52. The fraction of sp³-hybridized carbons (Fsp3) is 0.409. The molecule has 0 aliphatic carbocycles. The third-order valence-corrected chi connectivity index (χ3v) is 5.60. The second-order valence-electron chi connectivity index (χ2n) is 7.71. The number of likely N-dealkylation sites (tertiary alicyclic amines) is 1. The maximum absolute atomic E-state index is 12.9. The highest BCUT2D eigenvalue weighted by Crippen LogP contribution is 2.34. The Bertz CT molecular complexity index is 832. The van der Waals surface area contributed by atoms with Crippen molar-refractivity contribution in [3.05, 3.63) is 59.2 Å². The van der Waals surface area contributed by atoms with Crippen molar-refractivity contribution in [3.63, 3.8) is 0 Å². The van der Waals surface area contributed by atoms with Gasteiger partial charge in [-0.05, 0) is 44.3 Å². The van der Waals surface area contributed by atoms with E-state index < -0.39 is 0 Å². The van der Waals surface area contributed by atoms with Gasteiger partial charge in [0, 0.05) is 25.0 Å². The molecule has 27 heavy (non-hydrogen) atoms. The molecule has 4 rings (SSSR count). The Morgan fingerprint density at radius 1 is 1.07 bits per heavy atom. The summed E-state index contributed by atoms with van der Waals surface area (Å²) in [5, 5.41) is 0. The summed E-state index contributed by atoms with van der Waals surface area (Å²) < 4.78 is 10.8. The molecule has 2 aliphatic heterocycles. The van der Waals surface area contributed by atoms with Crippen LogP contribution < -0.4 is 9.47 Å². The van der Waals surface area contributed by atoms with Crippen molar-refractivity contribution in [2.75, 3.05) is 34.0 Å². The highest BCUT2D eigenvalue weighted by atomic mass is 16.7. The van der Waals surface area contributed by atoms with Crippen LogP contribution in [-0.2, 0) is 11.2 Å². The van der Waals surface area contributed by atoms with E-state index in [0.717, 1.165) is 30.2 Å². The number of likely N-dealkylation sites (N-methyl/N-ethyl adjacent to an activating group) is 1. The quantitative estimate of drug-likeness (QED) is 0.835. The molecule has 2 aromatic carbocycles. The zero-order valence-electron chi connectivity index (χ0n) is 16.1. The maximum Gasteiger partial charge on any atom is 0.231 e. The van der Waals surface area contributed by atoms with Gasteiger partial charge >= 0.3 is 0 Å². The molecule has 0 aromatic heterocycles. The molecule has 5 heteroatoms. The van der Waals surface area contributed by atoms with Gasteiger partial charge in [-0.15, -0.1) is 0 Å². The van der Waals surface area contributed by atoms with Gasteiger partial charge in [-0.25, -0.2) is 0 Å². The second-order valence-corrected chi connectivity index (χ2v) is 7.71. The number of carbonyl (C=O) groups is 1. The number of ether oxygens (including phenoxy) is 2. The second kappa shape index (κ2) is 7.24. The third kappa shape index (κ3) is 3.65. The van der Waals surface area contributed by atoms with Crippen molar-refractivity contribution in [2.24, 2.45) is 0 Å². The van der Waals surface area contributed by atoms with E-state index in [0.29, 0.717) is 18.4 Å². The van der Waals surface area contributed by atoms with E-state index in [1.165, 1.54) is 11.1 Å². The first-order valence-corrected chi connectivity index (χ1v) is 9.40. The molecular formula is C22H26N2O3. The topological polar surface area (TPSA) is 42.0 Å². The molecule has 142 valence electrons. The van der Waals surface area contributed by atoms with Gasteiger partial charge in [0.15, 0.2) is 11.5 Å². The van der Waals surface area contributed by atoms with Crippen LogP contribution in [0.1, 0.15) is 22.6 Å². The van der Waals surface area contributed by atoms with E-state index in [9.17, 15) is 4.79 Å². The third-order valence-electron chi connectivity index (χ3n) is 5.60. The van der Waals surface area contributed by atoms with Gasteiger partial charge in [-0.2, -0.15) is 0 Å². The molecule has 2 aromatic rings. The summed E-state index contributed by atoms with van der Waals surface area (Å²) in [6.45, 7) is 3.87. The van der Waals surface area contributed by atoms with Crippen molar-refractivity contribution < 1.29 is 14.3 Å². The highest BCUT2D eigenvalue weighted by Gasteiger charge is 2.37. The molecule has 2 aliphatic rings. The monoisotopic (exact) mass is 366 g/mol. The van der Waals surface area contributed by atoms with Crippen molar-refractivity contribution in [1.82, 2.24) is 9.80 Å². The number of hydrogen-bond donors (Lipinski definition) is 0. The van der Waals surface area contributed by atoms with Gasteiger partial charge in [0.1, 0.15) is 0 Å². The van der Waals surface area contributed by atoms with Crippen LogP contribution in [0.15, 0.2) is 42.5 Å². The number of carbonyl (C=O) groups excluding carboxylic acids is 1. The molecule has 1 saturated heterocycles. The molecule has 0 N–H and O–H groups in total. The van der Waals surface area contributed by atoms with E-state index in [1.807, 2.05) is 23.1 Å². The Morgan fingerprint density at radius 2 is 1.81 bits per heavy atom. The van der Waals surface area contributed by atoms with Gasteiger partial charge in [-0.1, -0.05) is 35.9 Å². The lowest BCUT2D eigenvalue weighted by atomic mass is 9.93. The maximum atomic E-state index is 12.9. The van der Waals surface area contributed by atoms with Crippen molar-refractivity contribution in [1.29, 1.82) is 0 Å². The average molecular weight is 366 g/mol. The van der Waals surface area contributed by atoms with Gasteiger partial charge < -0.3 is 19.3 Å². The van der Waals surface area contributed by atoms with Gasteiger partial charge in [0.2, 0.25) is 12.7 Å². The zero-order chi connectivity index (χ0) is 19.0. The average Bonchev–Trinajstić information content (AvgIpc) is 3.29. The summed E-state index contributed by atoms with van der Waals surface area (Å²) in [7, 11) is 4.19. The molecule has 0 saturated carbocycles. The van der Waals surface area contributed by atoms with Crippen molar-refractivity contribution >= 4 is 5.91 Å². The normalized spacial score (nSPS) is 21.1. The van der Waals surface area contributed by atoms with E-state index in [-0.39, 0.29) is 12.7 Å². The van der Waals surface area contributed by atoms with Crippen LogP contribution in [0.3, 0.4) is 0 Å². The van der Waals surface area contributed by atoms with Crippen molar-refractivity contribution in [2.45, 2.75) is 25.3 Å². The molecule has 0 radical (unpaired) electrons. The smallest absolute Gasteiger partial charge is 0.231 e. The molecule has 2 atom stereocenters. The standard InChI is InChI=1S/C22H26N2O3/c1-15-4-7-17(8-5-15)18-12-24(13-19(18)23(2)3)22(25)11-16-6-9-20-21(10-16)27-14-26-20/h4-10,18-19H,11-14H2,1-3H3/t18-,19+/m0/s1. The lowest BCUT2D eigenvalue weighted by Gasteiger charge is -2.25. The predicted molar refractivity (Wildman–Crippen MR) is 104 cm³/mol. The minimum atomic E-state index is 0.162. The van der Waals surface area contributed by atoms with E-state index in [2.05, 4.69) is 50.2 Å². The first-order valence-electron chi connectivity index (χ1n) is 9.40. The van der Waals surface area contributed by atoms with Crippen LogP contribution in [0.4, 0.5) is 0 Å². The molecule has 1 fully saturated rings. The summed E-state index contributed by atoms with van der Waals surface area (Å²) in [6.07, 6.45) is 0.386. The summed E-state index contributed by atoms with van der Waals surface area (Å²) in [6, 6.07) is 14.8. The Morgan fingerprint density at radius 3 is 2.56 bits per heavy atom. The highest BCUT2D eigenvalue weighted by molar-refractivity contribution is 5.79. The number of benzene rings is 2. The van der Waals surface area contributed by atoms with Crippen molar-refractivity contribution in [3.8, 4) is 11.5 Å². The molecule has 0 spiro atoms. The number of fused-ring (bicyclic) bond motifs is 1. The first kappa shape index (κ1) is 17.9. The fourth-order valence-corrected chi connectivity index (χ4v) is 3.99. The van der Waals surface area contributed by atoms with Crippen LogP contribution in [-0.4, -0.2) is 55.7 Å². The molecule has 0 unspecified atom stereocenters. The number of aryl methyl sites for hydroxylation is 1. The lowest BCUT2D eigenvalue weighted by molar-refractivity contribution is -0.129. The molecule has 5 nitrogen and oxygen atoms in total. The predicted octanol–water partition coefficient (Wildman–Crippen LogP) is 2.82. The zero-order valence-corrected chi connectivity index (χ0v) is 16.1. The lowest BCUT2D eigenvalue weighted by Crippen LogP contribution is -2.36. The van der Waals surface area contributed by atoms with Crippen LogP contribution in [0.2, 0.25) is 0 Å². The Balaban J connectivity index is 1.48. The van der Waals surface area contributed by atoms with Crippen LogP contribution in [0.5, 0.6) is 11.5 Å².